The number of furan rings is 1. The van der Waals surface area contributed by atoms with Crippen LogP contribution in [0.2, 0.25) is 0 Å². The van der Waals surface area contributed by atoms with Crippen molar-refractivity contribution in [3.8, 4) is 0 Å². The number of nitrogens with one attached hydrogen (secondary N) is 2. The van der Waals surface area contributed by atoms with Gasteiger partial charge in [-0.2, -0.15) is 11.3 Å². The third-order valence-corrected chi connectivity index (χ3v) is 3.09. The molecule has 0 unspecified atom stereocenters. The molecule has 0 saturated heterocycles. The minimum absolute atomic E-state index is 0.641. The van der Waals surface area contributed by atoms with Crippen molar-refractivity contribution in [2.24, 2.45) is 4.99 Å². The topological polar surface area (TPSA) is 49.6 Å². The minimum Gasteiger partial charge on any atom is -0.467 e. The lowest BCUT2D eigenvalue weighted by molar-refractivity contribution is 0.501. The Morgan fingerprint density at radius 1 is 1.39 bits per heavy atom. The van der Waals surface area contributed by atoms with Crippen LogP contribution in [0.1, 0.15) is 18.2 Å². The Morgan fingerprint density at radius 2 is 2.33 bits per heavy atom. The summed E-state index contributed by atoms with van der Waals surface area (Å²) in [5.41, 5.74) is 1.23. The number of nitrogens with zero attached hydrogens (tertiary/aromatic N) is 1. The number of guanidine groups is 1. The Morgan fingerprint density at radius 3 is 3.00 bits per heavy atom. The number of thiophene rings is 1. The van der Waals surface area contributed by atoms with Crippen molar-refractivity contribution in [1.29, 1.82) is 0 Å². The molecule has 0 aliphatic rings. The number of hydrogen-bond acceptors (Lipinski definition) is 3. The standard InChI is InChI=1S/C13H17N3OS/c1-2-14-13(15-8-11-5-7-18-10-11)16-9-12-4-3-6-17-12/h3-7,10H,2,8-9H2,1H3,(H2,14,15,16). The van der Waals surface area contributed by atoms with Crippen LogP contribution < -0.4 is 10.6 Å². The van der Waals surface area contributed by atoms with E-state index in [1.165, 1.54) is 5.56 Å². The van der Waals surface area contributed by atoms with Crippen molar-refractivity contribution < 1.29 is 4.42 Å². The lowest BCUT2D eigenvalue weighted by atomic mass is 10.3. The summed E-state index contributed by atoms with van der Waals surface area (Å²) < 4.78 is 5.27. The maximum atomic E-state index is 5.27. The van der Waals surface area contributed by atoms with Gasteiger partial charge in [0.1, 0.15) is 5.76 Å². The van der Waals surface area contributed by atoms with Gasteiger partial charge in [0.25, 0.3) is 0 Å². The van der Waals surface area contributed by atoms with E-state index < -0.39 is 0 Å². The highest BCUT2D eigenvalue weighted by atomic mass is 32.1. The highest BCUT2D eigenvalue weighted by Gasteiger charge is 2.00. The van der Waals surface area contributed by atoms with Crippen molar-refractivity contribution in [2.45, 2.75) is 20.0 Å². The summed E-state index contributed by atoms with van der Waals surface area (Å²) in [6, 6.07) is 5.91. The third-order valence-electron chi connectivity index (χ3n) is 2.35. The van der Waals surface area contributed by atoms with E-state index in [0.717, 1.165) is 18.3 Å². The van der Waals surface area contributed by atoms with Gasteiger partial charge in [-0.1, -0.05) is 0 Å². The predicted octanol–water partition coefficient (Wildman–Crippen LogP) is 2.60. The average Bonchev–Trinajstić information content (AvgIpc) is 3.05. The molecule has 2 aromatic heterocycles. The zero-order valence-corrected chi connectivity index (χ0v) is 11.2. The Hall–Kier alpha value is -1.75. The summed E-state index contributed by atoms with van der Waals surface area (Å²) >= 11 is 1.69. The van der Waals surface area contributed by atoms with Gasteiger partial charge in [0.15, 0.2) is 5.96 Å². The second kappa shape index (κ2) is 6.86. The zero-order chi connectivity index (χ0) is 12.6. The van der Waals surface area contributed by atoms with Crippen LogP contribution in [0.5, 0.6) is 0 Å². The molecule has 0 aliphatic carbocycles. The quantitative estimate of drug-likeness (QED) is 0.644. The van der Waals surface area contributed by atoms with Crippen LogP contribution in [0.4, 0.5) is 0 Å². The molecule has 96 valence electrons. The Kier molecular flexibility index (Phi) is 4.84. The van der Waals surface area contributed by atoms with Gasteiger partial charge in [0, 0.05) is 6.54 Å². The average molecular weight is 263 g/mol. The second-order valence-corrected chi connectivity index (χ2v) is 4.54. The summed E-state index contributed by atoms with van der Waals surface area (Å²) in [6.45, 7) is 4.22. The molecule has 0 spiro atoms. The minimum atomic E-state index is 0.641. The van der Waals surface area contributed by atoms with Crippen molar-refractivity contribution in [1.82, 2.24) is 10.6 Å². The van der Waals surface area contributed by atoms with E-state index in [9.17, 15) is 0 Å². The molecular weight excluding hydrogens is 246 g/mol. The van der Waals surface area contributed by atoms with Crippen molar-refractivity contribution in [3.05, 3.63) is 46.5 Å². The second-order valence-electron chi connectivity index (χ2n) is 3.76. The van der Waals surface area contributed by atoms with Crippen LogP contribution in [0.15, 0.2) is 44.6 Å². The van der Waals surface area contributed by atoms with Crippen LogP contribution in [0.25, 0.3) is 0 Å². The highest BCUT2D eigenvalue weighted by molar-refractivity contribution is 7.07. The zero-order valence-electron chi connectivity index (χ0n) is 10.3. The molecule has 0 aromatic carbocycles. The van der Waals surface area contributed by atoms with Gasteiger partial charge in [-0.05, 0) is 41.4 Å². The first kappa shape index (κ1) is 12.7. The SMILES string of the molecule is CCNC(=NCc1ccsc1)NCc1ccco1. The first-order valence-electron chi connectivity index (χ1n) is 5.94. The van der Waals surface area contributed by atoms with E-state index >= 15 is 0 Å². The van der Waals surface area contributed by atoms with E-state index in [2.05, 4.69) is 39.4 Å². The van der Waals surface area contributed by atoms with Crippen LogP contribution >= 0.6 is 11.3 Å². The molecule has 18 heavy (non-hydrogen) atoms. The molecule has 0 amide bonds. The molecule has 0 atom stereocenters. The molecule has 4 nitrogen and oxygen atoms in total. The molecule has 5 heteroatoms. The first-order valence-corrected chi connectivity index (χ1v) is 6.88. The normalized spacial score (nSPS) is 11.5. The fourth-order valence-electron chi connectivity index (χ4n) is 1.48. The molecule has 2 N–H and O–H groups in total. The highest BCUT2D eigenvalue weighted by Crippen LogP contribution is 2.06. The summed E-state index contributed by atoms with van der Waals surface area (Å²) in [5, 5.41) is 10.6. The van der Waals surface area contributed by atoms with Gasteiger partial charge in [-0.15, -0.1) is 0 Å². The third kappa shape index (κ3) is 3.92. The molecule has 2 rings (SSSR count). The molecule has 0 fully saturated rings. The lowest BCUT2D eigenvalue weighted by Crippen LogP contribution is -2.36. The number of hydrogen-bond donors (Lipinski definition) is 2. The van der Waals surface area contributed by atoms with Gasteiger partial charge in [0.05, 0.1) is 19.4 Å². The molecule has 2 heterocycles. The van der Waals surface area contributed by atoms with Crippen molar-refractivity contribution in [3.63, 3.8) is 0 Å². The maximum absolute atomic E-state index is 5.27. The molecule has 0 saturated carbocycles. The van der Waals surface area contributed by atoms with E-state index in [4.69, 9.17) is 4.42 Å². The van der Waals surface area contributed by atoms with E-state index in [0.29, 0.717) is 13.1 Å². The smallest absolute Gasteiger partial charge is 0.191 e. The number of rotatable bonds is 5. The van der Waals surface area contributed by atoms with E-state index in [1.54, 1.807) is 17.6 Å². The van der Waals surface area contributed by atoms with Crippen LogP contribution in [-0.2, 0) is 13.1 Å². The van der Waals surface area contributed by atoms with Crippen LogP contribution in [0.3, 0.4) is 0 Å². The van der Waals surface area contributed by atoms with Gasteiger partial charge >= 0.3 is 0 Å². The maximum Gasteiger partial charge on any atom is 0.191 e. The van der Waals surface area contributed by atoms with Gasteiger partial charge in [0.2, 0.25) is 0 Å². The predicted molar refractivity (Wildman–Crippen MR) is 74.7 cm³/mol. The Labute approximate surface area is 111 Å². The van der Waals surface area contributed by atoms with Gasteiger partial charge in [-0.25, -0.2) is 4.99 Å². The molecular formula is C13H17N3OS. The Bertz CT molecular complexity index is 462. The molecule has 0 aliphatic heterocycles. The van der Waals surface area contributed by atoms with E-state index in [-0.39, 0.29) is 0 Å². The van der Waals surface area contributed by atoms with Gasteiger partial charge < -0.3 is 15.1 Å². The molecule has 0 radical (unpaired) electrons. The molecule has 2 aromatic rings. The summed E-state index contributed by atoms with van der Waals surface area (Å²) in [4.78, 5) is 4.51. The fourth-order valence-corrected chi connectivity index (χ4v) is 2.14. The van der Waals surface area contributed by atoms with Crippen molar-refractivity contribution in [2.75, 3.05) is 6.54 Å². The van der Waals surface area contributed by atoms with Crippen LogP contribution in [-0.4, -0.2) is 12.5 Å². The summed E-state index contributed by atoms with van der Waals surface area (Å²) in [6.07, 6.45) is 1.67. The monoisotopic (exact) mass is 263 g/mol. The van der Waals surface area contributed by atoms with Crippen LogP contribution in [0, 0.1) is 0 Å². The fraction of sp³-hybridized carbons (Fsp3) is 0.308. The molecule has 0 bridgehead atoms. The Balaban J connectivity index is 1.88. The number of aliphatic imine (C=N–C) groups is 1. The summed E-state index contributed by atoms with van der Waals surface area (Å²) in [7, 11) is 0. The lowest BCUT2D eigenvalue weighted by Gasteiger charge is -2.09. The first-order chi connectivity index (χ1) is 8.88. The summed E-state index contributed by atoms with van der Waals surface area (Å²) in [5.74, 6) is 1.70. The van der Waals surface area contributed by atoms with E-state index in [1.807, 2.05) is 12.1 Å². The van der Waals surface area contributed by atoms with Crippen molar-refractivity contribution >= 4 is 17.3 Å². The largest absolute Gasteiger partial charge is 0.467 e. The van der Waals surface area contributed by atoms with Gasteiger partial charge in [-0.3, -0.25) is 0 Å².